The van der Waals surface area contributed by atoms with Gasteiger partial charge in [0.15, 0.2) is 0 Å². The number of nitrogens with one attached hydrogen (secondary N) is 2. The molecule has 146 valence electrons. The van der Waals surface area contributed by atoms with E-state index < -0.39 is 5.97 Å². The number of carbonyl (C=O) groups excluding carboxylic acids is 3. The standard InChI is InChI=1S/C20H27N3O4/c1-3-27-20(26)16-9-11-17(12-10-16)21-18(24)13-14(2)22-23-19(25)15-7-5-4-6-8-15/h9-12,15H,3-8,13H2,1-2H3,(H,21,24)(H,23,25)/b22-14-. The van der Waals surface area contributed by atoms with Gasteiger partial charge in [0.2, 0.25) is 11.8 Å². The molecule has 2 rings (SSSR count). The second-order valence-corrected chi connectivity index (χ2v) is 6.68. The van der Waals surface area contributed by atoms with Gasteiger partial charge in [-0.2, -0.15) is 5.10 Å². The molecule has 7 heteroatoms. The molecule has 1 aromatic carbocycles. The Morgan fingerprint density at radius 3 is 2.41 bits per heavy atom. The van der Waals surface area contributed by atoms with Crippen LogP contribution in [0, 0.1) is 5.92 Å². The molecule has 1 fully saturated rings. The predicted molar refractivity (Wildman–Crippen MR) is 103 cm³/mol. The molecule has 1 aromatic rings. The zero-order valence-electron chi connectivity index (χ0n) is 15.9. The average Bonchev–Trinajstić information content (AvgIpc) is 2.67. The Hall–Kier alpha value is -2.70. The van der Waals surface area contributed by atoms with Crippen molar-refractivity contribution in [1.29, 1.82) is 0 Å². The first-order valence-corrected chi connectivity index (χ1v) is 9.39. The lowest BCUT2D eigenvalue weighted by atomic mass is 9.89. The van der Waals surface area contributed by atoms with Gasteiger partial charge >= 0.3 is 5.97 Å². The number of hydrogen-bond donors (Lipinski definition) is 2. The summed E-state index contributed by atoms with van der Waals surface area (Å²) in [5, 5.41) is 6.77. The number of nitrogens with zero attached hydrogens (tertiary/aromatic N) is 1. The van der Waals surface area contributed by atoms with Gasteiger partial charge in [-0.1, -0.05) is 19.3 Å². The average molecular weight is 373 g/mol. The third-order valence-electron chi connectivity index (χ3n) is 4.43. The zero-order valence-corrected chi connectivity index (χ0v) is 15.9. The van der Waals surface area contributed by atoms with E-state index in [1.54, 1.807) is 38.1 Å². The summed E-state index contributed by atoms with van der Waals surface area (Å²) in [6, 6.07) is 6.47. The Kier molecular flexibility index (Phi) is 7.98. The van der Waals surface area contributed by atoms with E-state index >= 15 is 0 Å². The summed E-state index contributed by atoms with van der Waals surface area (Å²) in [4.78, 5) is 35.8. The number of amides is 2. The number of rotatable bonds is 7. The highest BCUT2D eigenvalue weighted by Crippen LogP contribution is 2.23. The first kappa shape index (κ1) is 20.6. The van der Waals surface area contributed by atoms with Gasteiger partial charge in [0.1, 0.15) is 0 Å². The molecule has 27 heavy (non-hydrogen) atoms. The fourth-order valence-corrected chi connectivity index (χ4v) is 2.99. The van der Waals surface area contributed by atoms with Gasteiger partial charge in [-0.15, -0.1) is 0 Å². The van der Waals surface area contributed by atoms with Crippen molar-refractivity contribution >= 4 is 29.2 Å². The number of anilines is 1. The minimum absolute atomic E-state index is 0.0297. The molecular formula is C20H27N3O4. The Labute approximate surface area is 159 Å². The van der Waals surface area contributed by atoms with Gasteiger partial charge < -0.3 is 10.1 Å². The first-order chi connectivity index (χ1) is 13.0. The summed E-state index contributed by atoms with van der Waals surface area (Å²) >= 11 is 0. The van der Waals surface area contributed by atoms with Gasteiger partial charge in [0.25, 0.3) is 0 Å². The van der Waals surface area contributed by atoms with Gasteiger partial charge in [0.05, 0.1) is 18.6 Å². The highest BCUT2D eigenvalue weighted by Gasteiger charge is 2.20. The first-order valence-electron chi connectivity index (χ1n) is 9.39. The Balaban J connectivity index is 1.80. The van der Waals surface area contributed by atoms with Crippen LogP contribution in [0.15, 0.2) is 29.4 Å². The minimum atomic E-state index is -0.396. The second-order valence-electron chi connectivity index (χ2n) is 6.68. The molecule has 2 N–H and O–H groups in total. The summed E-state index contributed by atoms with van der Waals surface area (Å²) in [6.07, 6.45) is 5.24. The highest BCUT2D eigenvalue weighted by atomic mass is 16.5. The van der Waals surface area contributed by atoms with Crippen molar-refractivity contribution in [2.45, 2.75) is 52.4 Å². The lowest BCUT2D eigenvalue weighted by Crippen LogP contribution is -2.29. The van der Waals surface area contributed by atoms with Gasteiger partial charge in [-0.3, -0.25) is 9.59 Å². The highest BCUT2D eigenvalue weighted by molar-refractivity contribution is 6.05. The molecule has 1 saturated carbocycles. The van der Waals surface area contributed by atoms with Crippen LogP contribution in [0.4, 0.5) is 5.69 Å². The maximum atomic E-state index is 12.1. The van der Waals surface area contributed by atoms with Crippen LogP contribution in [0.5, 0.6) is 0 Å². The Morgan fingerprint density at radius 2 is 1.78 bits per heavy atom. The summed E-state index contributed by atoms with van der Waals surface area (Å²) in [6.45, 7) is 3.76. The maximum absolute atomic E-state index is 12.1. The van der Waals surface area contributed by atoms with Crippen LogP contribution in [0.2, 0.25) is 0 Å². The molecule has 0 heterocycles. The van der Waals surface area contributed by atoms with Crippen LogP contribution in [-0.2, 0) is 14.3 Å². The summed E-state index contributed by atoms with van der Waals surface area (Å²) in [5.41, 5.74) is 4.10. The molecule has 0 unspecified atom stereocenters. The van der Waals surface area contributed by atoms with Gasteiger partial charge in [-0.25, -0.2) is 10.2 Å². The Morgan fingerprint density at radius 1 is 1.11 bits per heavy atom. The molecule has 0 bridgehead atoms. The largest absolute Gasteiger partial charge is 0.462 e. The number of carbonyl (C=O) groups is 3. The van der Waals surface area contributed by atoms with Crippen LogP contribution < -0.4 is 10.7 Å². The zero-order chi connectivity index (χ0) is 19.6. The Bertz CT molecular complexity index is 692. The van der Waals surface area contributed by atoms with Crippen LogP contribution in [0.3, 0.4) is 0 Å². The molecule has 0 saturated heterocycles. The number of esters is 1. The van der Waals surface area contributed by atoms with E-state index in [0.29, 0.717) is 23.6 Å². The van der Waals surface area contributed by atoms with Crippen molar-refractivity contribution in [3.8, 4) is 0 Å². The molecule has 0 atom stereocenters. The van der Waals surface area contributed by atoms with E-state index in [1.165, 1.54) is 6.42 Å². The van der Waals surface area contributed by atoms with Crippen molar-refractivity contribution < 1.29 is 19.1 Å². The quantitative estimate of drug-likeness (QED) is 0.435. The molecule has 1 aliphatic rings. The molecule has 7 nitrogen and oxygen atoms in total. The SMILES string of the molecule is CCOC(=O)c1ccc(NC(=O)C/C(C)=N\NC(=O)C2CCCCC2)cc1. The van der Waals surface area contributed by atoms with Gasteiger partial charge in [-0.05, 0) is 51.0 Å². The number of hydrazone groups is 1. The third kappa shape index (κ3) is 6.84. The van der Waals surface area contributed by atoms with Crippen LogP contribution in [-0.4, -0.2) is 30.1 Å². The number of hydrogen-bond acceptors (Lipinski definition) is 5. The second kappa shape index (κ2) is 10.4. The molecule has 1 aliphatic carbocycles. The monoisotopic (exact) mass is 373 g/mol. The smallest absolute Gasteiger partial charge is 0.338 e. The van der Waals surface area contributed by atoms with Crippen molar-refractivity contribution in [3.63, 3.8) is 0 Å². The van der Waals surface area contributed by atoms with Crippen LogP contribution >= 0.6 is 0 Å². The van der Waals surface area contributed by atoms with E-state index in [9.17, 15) is 14.4 Å². The third-order valence-corrected chi connectivity index (χ3v) is 4.43. The number of benzene rings is 1. The molecule has 0 aliphatic heterocycles. The van der Waals surface area contributed by atoms with E-state index in [1.807, 2.05) is 0 Å². The predicted octanol–water partition coefficient (Wildman–Crippen LogP) is 3.26. The lowest BCUT2D eigenvalue weighted by Gasteiger charge is -2.19. The molecular weight excluding hydrogens is 346 g/mol. The van der Waals surface area contributed by atoms with Crippen LogP contribution in [0.25, 0.3) is 0 Å². The van der Waals surface area contributed by atoms with Crippen molar-refractivity contribution in [2.75, 3.05) is 11.9 Å². The number of ether oxygens (including phenoxy) is 1. The topological polar surface area (TPSA) is 96.9 Å². The maximum Gasteiger partial charge on any atom is 0.338 e. The molecule has 2 amide bonds. The van der Waals surface area contributed by atoms with E-state index in [0.717, 1.165) is 25.7 Å². The lowest BCUT2D eigenvalue weighted by molar-refractivity contribution is -0.126. The summed E-state index contributed by atoms with van der Waals surface area (Å²) < 4.78 is 4.91. The minimum Gasteiger partial charge on any atom is -0.462 e. The summed E-state index contributed by atoms with van der Waals surface area (Å²) in [5.74, 6) is -0.676. The van der Waals surface area contributed by atoms with Crippen molar-refractivity contribution in [1.82, 2.24) is 5.43 Å². The van der Waals surface area contributed by atoms with Crippen molar-refractivity contribution in [3.05, 3.63) is 29.8 Å². The van der Waals surface area contributed by atoms with E-state index in [4.69, 9.17) is 4.74 Å². The van der Waals surface area contributed by atoms with Crippen molar-refractivity contribution in [2.24, 2.45) is 11.0 Å². The molecule has 0 spiro atoms. The molecule has 0 radical (unpaired) electrons. The van der Waals surface area contributed by atoms with Crippen LogP contribution in [0.1, 0.15) is 62.7 Å². The fraction of sp³-hybridized carbons (Fsp3) is 0.500. The fourth-order valence-electron chi connectivity index (χ4n) is 2.99. The summed E-state index contributed by atoms with van der Waals surface area (Å²) in [7, 11) is 0. The molecule has 0 aromatic heterocycles. The van der Waals surface area contributed by atoms with Gasteiger partial charge in [0, 0.05) is 17.3 Å². The van der Waals surface area contributed by atoms with E-state index in [2.05, 4.69) is 15.8 Å². The normalized spacial score (nSPS) is 15.1. The van der Waals surface area contributed by atoms with E-state index in [-0.39, 0.29) is 24.2 Å².